The molecule has 5 heteroatoms. The van der Waals surface area contributed by atoms with Gasteiger partial charge in [0.25, 0.3) is 0 Å². The van der Waals surface area contributed by atoms with Crippen molar-refractivity contribution in [2.75, 3.05) is 6.61 Å². The van der Waals surface area contributed by atoms with Gasteiger partial charge in [0.15, 0.2) is 6.61 Å². The fraction of sp³-hybridized carbons (Fsp3) is 0.0909. The Labute approximate surface area is 96.1 Å². The quantitative estimate of drug-likeness (QED) is 0.883. The number of carboxylic acid groups (broad SMARTS) is 1. The van der Waals surface area contributed by atoms with Crippen LogP contribution < -0.4 is 4.74 Å². The number of nitrogens with zero attached hydrogens (tertiary/aromatic N) is 1. The summed E-state index contributed by atoms with van der Waals surface area (Å²) in [5, 5.41) is 10.4. The Balaban J connectivity index is 2.27. The van der Waals surface area contributed by atoms with E-state index in [-0.39, 0.29) is 6.61 Å². The molecule has 0 radical (unpaired) electrons. The Morgan fingerprint density at radius 1 is 1.44 bits per heavy atom. The van der Waals surface area contributed by atoms with Gasteiger partial charge in [-0.2, -0.15) is 0 Å². The molecule has 0 atom stereocenters. The van der Waals surface area contributed by atoms with Crippen molar-refractivity contribution in [2.45, 2.75) is 0 Å². The average molecular weight is 235 g/mol. The standard InChI is InChI=1S/C11H9NO3S/c13-11(14)5-15-10-4-2-1-3-8(10)9-6-16-7-12-9/h1-4,6-7H,5H2,(H,13,14). The molecule has 2 rings (SSSR count). The molecule has 0 aliphatic rings. The van der Waals surface area contributed by atoms with Crippen LogP contribution in [0.4, 0.5) is 0 Å². The number of para-hydroxylation sites is 1. The number of rotatable bonds is 4. The number of benzene rings is 1. The van der Waals surface area contributed by atoms with Gasteiger partial charge in [-0.25, -0.2) is 9.78 Å². The van der Waals surface area contributed by atoms with Gasteiger partial charge in [-0.1, -0.05) is 12.1 Å². The molecule has 2 aromatic rings. The number of carboxylic acids is 1. The van der Waals surface area contributed by atoms with Gasteiger partial charge < -0.3 is 9.84 Å². The fourth-order valence-electron chi connectivity index (χ4n) is 1.29. The minimum atomic E-state index is -0.993. The minimum Gasteiger partial charge on any atom is -0.481 e. The number of hydrogen-bond acceptors (Lipinski definition) is 4. The van der Waals surface area contributed by atoms with Crippen molar-refractivity contribution >= 4 is 17.3 Å². The van der Waals surface area contributed by atoms with Crippen LogP contribution in [0.1, 0.15) is 0 Å². The van der Waals surface area contributed by atoms with Crippen LogP contribution in [0.3, 0.4) is 0 Å². The topological polar surface area (TPSA) is 59.4 Å². The maximum Gasteiger partial charge on any atom is 0.341 e. The summed E-state index contributed by atoms with van der Waals surface area (Å²) in [7, 11) is 0. The van der Waals surface area contributed by atoms with Gasteiger partial charge in [-0.15, -0.1) is 11.3 Å². The van der Waals surface area contributed by atoms with Crippen molar-refractivity contribution in [1.29, 1.82) is 0 Å². The van der Waals surface area contributed by atoms with Gasteiger partial charge in [-0.3, -0.25) is 0 Å². The molecule has 0 unspecified atom stereocenters. The van der Waals surface area contributed by atoms with E-state index in [4.69, 9.17) is 9.84 Å². The van der Waals surface area contributed by atoms with Crippen LogP contribution in [0.15, 0.2) is 35.2 Å². The first-order valence-corrected chi connectivity index (χ1v) is 5.54. The molecule has 0 bridgehead atoms. The zero-order chi connectivity index (χ0) is 11.4. The van der Waals surface area contributed by atoms with Crippen LogP contribution in [-0.2, 0) is 4.79 Å². The third-order valence-electron chi connectivity index (χ3n) is 1.95. The highest BCUT2D eigenvalue weighted by Gasteiger charge is 2.08. The molecule has 1 aromatic carbocycles. The molecule has 0 saturated heterocycles. The van der Waals surface area contributed by atoms with Gasteiger partial charge >= 0.3 is 5.97 Å². The highest BCUT2D eigenvalue weighted by Crippen LogP contribution is 2.29. The molecule has 1 heterocycles. The lowest BCUT2D eigenvalue weighted by Crippen LogP contribution is -2.09. The summed E-state index contributed by atoms with van der Waals surface area (Å²) in [5.74, 6) is -0.455. The number of ether oxygens (including phenoxy) is 1. The molecule has 0 aliphatic carbocycles. The maximum atomic E-state index is 10.4. The summed E-state index contributed by atoms with van der Waals surface area (Å²) < 4.78 is 5.19. The van der Waals surface area contributed by atoms with Gasteiger partial charge in [0, 0.05) is 10.9 Å². The molecule has 0 amide bonds. The summed E-state index contributed by atoms with van der Waals surface area (Å²) >= 11 is 1.48. The van der Waals surface area contributed by atoms with Crippen LogP contribution in [0.5, 0.6) is 5.75 Å². The number of carbonyl (C=O) groups is 1. The Morgan fingerprint density at radius 3 is 2.94 bits per heavy atom. The second-order valence-corrected chi connectivity index (χ2v) is 3.77. The number of thiazole rings is 1. The summed E-state index contributed by atoms with van der Waals surface area (Å²) in [5.41, 5.74) is 3.33. The summed E-state index contributed by atoms with van der Waals surface area (Å²) in [6.45, 7) is -0.346. The van der Waals surface area contributed by atoms with Crippen LogP contribution >= 0.6 is 11.3 Å². The van der Waals surface area contributed by atoms with Gasteiger partial charge in [0.05, 0.1) is 11.2 Å². The summed E-state index contributed by atoms with van der Waals surface area (Å²) in [4.78, 5) is 14.6. The molecular weight excluding hydrogens is 226 g/mol. The van der Waals surface area contributed by atoms with E-state index in [0.29, 0.717) is 5.75 Å². The molecule has 82 valence electrons. The zero-order valence-corrected chi connectivity index (χ0v) is 9.11. The Morgan fingerprint density at radius 2 is 2.25 bits per heavy atom. The highest BCUT2D eigenvalue weighted by molar-refractivity contribution is 7.07. The van der Waals surface area contributed by atoms with E-state index in [0.717, 1.165) is 11.3 Å². The molecule has 0 saturated carbocycles. The molecular formula is C11H9NO3S. The van der Waals surface area contributed by atoms with Crippen molar-refractivity contribution in [3.05, 3.63) is 35.2 Å². The molecule has 16 heavy (non-hydrogen) atoms. The second-order valence-electron chi connectivity index (χ2n) is 3.05. The third-order valence-corrected chi connectivity index (χ3v) is 2.53. The SMILES string of the molecule is O=C(O)COc1ccccc1-c1cscn1. The lowest BCUT2D eigenvalue weighted by molar-refractivity contribution is -0.139. The van der Waals surface area contributed by atoms with Crippen molar-refractivity contribution in [2.24, 2.45) is 0 Å². The molecule has 1 aromatic heterocycles. The van der Waals surface area contributed by atoms with Crippen LogP contribution in [0.2, 0.25) is 0 Å². The summed E-state index contributed by atoms with van der Waals surface area (Å²) in [6.07, 6.45) is 0. The lowest BCUT2D eigenvalue weighted by atomic mass is 10.1. The molecule has 0 fully saturated rings. The monoisotopic (exact) mass is 235 g/mol. The van der Waals surface area contributed by atoms with Crippen LogP contribution in [0.25, 0.3) is 11.3 Å². The predicted octanol–water partition coefficient (Wildman–Crippen LogP) is 2.27. The van der Waals surface area contributed by atoms with Crippen molar-refractivity contribution in [3.63, 3.8) is 0 Å². The maximum absolute atomic E-state index is 10.4. The van der Waals surface area contributed by atoms with E-state index in [1.807, 2.05) is 17.5 Å². The molecule has 4 nitrogen and oxygen atoms in total. The van der Waals surface area contributed by atoms with Crippen molar-refractivity contribution in [3.8, 4) is 17.0 Å². The Kier molecular flexibility index (Phi) is 3.16. The van der Waals surface area contributed by atoms with E-state index in [2.05, 4.69) is 4.98 Å². The van der Waals surface area contributed by atoms with Gasteiger partial charge in [0.2, 0.25) is 0 Å². The highest BCUT2D eigenvalue weighted by atomic mass is 32.1. The average Bonchev–Trinajstić information content (AvgIpc) is 2.80. The minimum absolute atomic E-state index is 0.346. The Bertz CT molecular complexity index is 482. The van der Waals surface area contributed by atoms with E-state index >= 15 is 0 Å². The molecule has 0 aliphatic heterocycles. The molecule has 1 N–H and O–H groups in total. The number of aliphatic carboxylic acids is 1. The van der Waals surface area contributed by atoms with E-state index in [9.17, 15) is 4.79 Å². The van der Waals surface area contributed by atoms with E-state index < -0.39 is 5.97 Å². The zero-order valence-electron chi connectivity index (χ0n) is 8.29. The fourth-order valence-corrected chi connectivity index (χ4v) is 1.84. The van der Waals surface area contributed by atoms with Gasteiger partial charge in [0.1, 0.15) is 5.75 Å². The largest absolute Gasteiger partial charge is 0.481 e. The van der Waals surface area contributed by atoms with Crippen LogP contribution in [0, 0.1) is 0 Å². The first kappa shape index (κ1) is 10.6. The normalized spacial score (nSPS) is 10.0. The predicted molar refractivity (Wildman–Crippen MR) is 60.7 cm³/mol. The smallest absolute Gasteiger partial charge is 0.341 e. The van der Waals surface area contributed by atoms with Crippen molar-refractivity contribution in [1.82, 2.24) is 4.98 Å². The summed E-state index contributed by atoms with van der Waals surface area (Å²) in [6, 6.07) is 7.25. The van der Waals surface area contributed by atoms with Gasteiger partial charge in [-0.05, 0) is 12.1 Å². The second kappa shape index (κ2) is 4.76. The van der Waals surface area contributed by atoms with Crippen molar-refractivity contribution < 1.29 is 14.6 Å². The van der Waals surface area contributed by atoms with E-state index in [1.165, 1.54) is 11.3 Å². The lowest BCUT2D eigenvalue weighted by Gasteiger charge is -2.07. The van der Waals surface area contributed by atoms with Crippen LogP contribution in [-0.4, -0.2) is 22.7 Å². The number of hydrogen-bond donors (Lipinski definition) is 1. The third kappa shape index (κ3) is 2.38. The first-order chi connectivity index (χ1) is 7.77. The Hall–Kier alpha value is -1.88. The molecule has 0 spiro atoms. The first-order valence-electron chi connectivity index (χ1n) is 4.59. The number of aromatic nitrogens is 1. The van der Waals surface area contributed by atoms with E-state index in [1.54, 1.807) is 17.6 Å².